The number of nitrogens with zero attached hydrogens (tertiary/aromatic N) is 1. The van der Waals surface area contributed by atoms with Crippen LogP contribution in [-0.2, 0) is 22.7 Å². The summed E-state index contributed by atoms with van der Waals surface area (Å²) in [6.45, 7) is 0.0928. The molecule has 3 aromatic rings. The van der Waals surface area contributed by atoms with Gasteiger partial charge < -0.3 is 13.9 Å². The van der Waals surface area contributed by atoms with Crippen molar-refractivity contribution in [2.75, 3.05) is 7.11 Å². The Kier molecular flexibility index (Phi) is 7.31. The maximum Gasteiger partial charge on any atom is 0.373 e. The first kappa shape index (κ1) is 23.9. The predicted octanol–water partition coefficient (Wildman–Crippen LogP) is 6.19. The number of benzene rings is 2. The molecule has 34 heavy (non-hydrogen) atoms. The third kappa shape index (κ3) is 5.30. The highest BCUT2D eigenvalue weighted by molar-refractivity contribution is 8.18. The maximum absolute atomic E-state index is 12.9. The summed E-state index contributed by atoms with van der Waals surface area (Å²) in [5.74, 6) is -0.313. The van der Waals surface area contributed by atoms with Gasteiger partial charge in [-0.2, -0.15) is 0 Å². The van der Waals surface area contributed by atoms with Crippen LogP contribution in [0.4, 0.5) is 4.79 Å². The van der Waals surface area contributed by atoms with E-state index in [-0.39, 0.29) is 29.6 Å². The van der Waals surface area contributed by atoms with Gasteiger partial charge in [-0.15, -0.1) is 0 Å². The Morgan fingerprint density at radius 2 is 1.91 bits per heavy atom. The summed E-state index contributed by atoms with van der Waals surface area (Å²) in [7, 11) is 1.23. The second kappa shape index (κ2) is 10.4. The third-order valence-electron chi connectivity index (χ3n) is 4.84. The number of ether oxygens (including phenoxy) is 2. The zero-order chi connectivity index (χ0) is 24.2. The van der Waals surface area contributed by atoms with Gasteiger partial charge in [0.25, 0.3) is 11.1 Å². The van der Waals surface area contributed by atoms with Gasteiger partial charge in [0.15, 0.2) is 0 Å². The summed E-state index contributed by atoms with van der Waals surface area (Å²) in [6, 6.07) is 15.2. The van der Waals surface area contributed by atoms with Gasteiger partial charge in [0, 0.05) is 21.2 Å². The molecule has 0 spiro atoms. The Hall–Kier alpha value is -3.20. The number of rotatable bonds is 7. The van der Waals surface area contributed by atoms with E-state index in [2.05, 4.69) is 4.74 Å². The number of esters is 1. The molecule has 2 aromatic carbocycles. The van der Waals surface area contributed by atoms with Crippen molar-refractivity contribution in [2.45, 2.75) is 13.2 Å². The molecule has 174 valence electrons. The molecule has 0 unspecified atom stereocenters. The van der Waals surface area contributed by atoms with Crippen LogP contribution in [0.15, 0.2) is 63.9 Å². The second-order valence-electron chi connectivity index (χ2n) is 7.09. The van der Waals surface area contributed by atoms with Crippen molar-refractivity contribution in [3.05, 3.63) is 92.2 Å². The molecule has 0 saturated carbocycles. The van der Waals surface area contributed by atoms with Crippen LogP contribution < -0.4 is 4.74 Å². The van der Waals surface area contributed by atoms with Crippen molar-refractivity contribution in [2.24, 2.45) is 0 Å². The number of halogens is 2. The lowest BCUT2D eigenvalue weighted by Gasteiger charge is -2.11. The van der Waals surface area contributed by atoms with Crippen molar-refractivity contribution in [3.63, 3.8) is 0 Å². The number of methoxy groups -OCH3 is 1. The van der Waals surface area contributed by atoms with Gasteiger partial charge in [0.1, 0.15) is 18.1 Å². The second-order valence-corrected chi connectivity index (χ2v) is 8.92. The summed E-state index contributed by atoms with van der Waals surface area (Å²) >= 11 is 13.0. The lowest BCUT2D eigenvalue weighted by Crippen LogP contribution is -2.27. The van der Waals surface area contributed by atoms with E-state index >= 15 is 0 Å². The molecule has 7 nitrogen and oxygen atoms in total. The van der Waals surface area contributed by atoms with Crippen LogP contribution in [0.5, 0.6) is 5.75 Å². The number of para-hydroxylation sites is 1. The number of carbonyl (C=O) groups excluding carboxylic acids is 3. The predicted molar refractivity (Wildman–Crippen MR) is 129 cm³/mol. The molecule has 1 fully saturated rings. The molecule has 0 aliphatic carbocycles. The van der Waals surface area contributed by atoms with E-state index in [1.54, 1.807) is 48.5 Å². The van der Waals surface area contributed by atoms with Crippen molar-refractivity contribution in [1.29, 1.82) is 0 Å². The number of carbonyl (C=O) groups is 3. The molecule has 1 aliphatic rings. The van der Waals surface area contributed by atoms with Gasteiger partial charge in [0.05, 0.1) is 18.6 Å². The number of furan rings is 1. The van der Waals surface area contributed by atoms with Crippen LogP contribution >= 0.6 is 35.0 Å². The first-order valence-electron chi connectivity index (χ1n) is 9.94. The molecule has 0 radical (unpaired) electrons. The Balaban J connectivity index is 1.50. The average Bonchev–Trinajstić information content (AvgIpc) is 3.39. The van der Waals surface area contributed by atoms with E-state index in [4.69, 9.17) is 32.4 Å². The molecule has 4 rings (SSSR count). The lowest BCUT2D eigenvalue weighted by molar-refractivity contribution is -0.123. The van der Waals surface area contributed by atoms with Gasteiger partial charge >= 0.3 is 5.97 Å². The fourth-order valence-corrected chi connectivity index (χ4v) is 4.42. The molecule has 0 N–H and O–H groups in total. The molecule has 1 saturated heterocycles. The van der Waals surface area contributed by atoms with Gasteiger partial charge in [-0.05, 0) is 48.2 Å². The van der Waals surface area contributed by atoms with Crippen molar-refractivity contribution >= 4 is 58.2 Å². The lowest BCUT2D eigenvalue weighted by atomic mass is 10.1. The molecule has 1 aliphatic heterocycles. The van der Waals surface area contributed by atoms with Crippen LogP contribution in [0.1, 0.15) is 27.4 Å². The van der Waals surface area contributed by atoms with Crippen LogP contribution in [0.2, 0.25) is 10.0 Å². The van der Waals surface area contributed by atoms with E-state index in [1.165, 1.54) is 19.2 Å². The normalized spacial score (nSPS) is 14.7. The Morgan fingerprint density at radius 3 is 2.68 bits per heavy atom. The van der Waals surface area contributed by atoms with Crippen molar-refractivity contribution in [3.8, 4) is 5.75 Å². The Bertz CT molecular complexity index is 1300. The van der Waals surface area contributed by atoms with Crippen LogP contribution in [-0.4, -0.2) is 29.1 Å². The zero-order valence-corrected chi connectivity index (χ0v) is 20.1. The smallest absolute Gasteiger partial charge is 0.373 e. The van der Waals surface area contributed by atoms with E-state index < -0.39 is 17.1 Å². The molecular formula is C24H17Cl2NO6S. The number of hydrogen-bond acceptors (Lipinski definition) is 7. The average molecular weight is 518 g/mol. The fraction of sp³-hybridized carbons (Fsp3) is 0.125. The van der Waals surface area contributed by atoms with E-state index in [0.717, 1.165) is 22.2 Å². The highest BCUT2D eigenvalue weighted by atomic mass is 35.5. The zero-order valence-electron chi connectivity index (χ0n) is 17.7. The Labute approximate surface area is 209 Å². The molecule has 0 bridgehead atoms. The van der Waals surface area contributed by atoms with Gasteiger partial charge in [0.2, 0.25) is 5.76 Å². The van der Waals surface area contributed by atoms with Gasteiger partial charge in [-0.3, -0.25) is 14.5 Å². The minimum absolute atomic E-state index is 0.00752. The number of hydrogen-bond donors (Lipinski definition) is 0. The first-order chi connectivity index (χ1) is 16.4. The Morgan fingerprint density at radius 1 is 1.12 bits per heavy atom. The number of thioether (sulfide) groups is 1. The fourth-order valence-electron chi connectivity index (χ4n) is 3.13. The van der Waals surface area contributed by atoms with Crippen molar-refractivity contribution < 1.29 is 28.3 Å². The van der Waals surface area contributed by atoms with Gasteiger partial charge in [-0.1, -0.05) is 47.5 Å². The van der Waals surface area contributed by atoms with E-state index in [0.29, 0.717) is 21.4 Å². The highest BCUT2D eigenvalue weighted by Gasteiger charge is 2.36. The first-order valence-corrected chi connectivity index (χ1v) is 11.5. The summed E-state index contributed by atoms with van der Waals surface area (Å²) in [6.07, 6.45) is 1.60. The molecule has 2 amide bonds. The summed E-state index contributed by atoms with van der Waals surface area (Å²) in [5, 5.41) is 0.568. The monoisotopic (exact) mass is 517 g/mol. The van der Waals surface area contributed by atoms with Gasteiger partial charge in [-0.25, -0.2) is 4.79 Å². The molecule has 2 heterocycles. The molecule has 0 atom stereocenters. The SMILES string of the molecule is COC(=O)c1ccc(CN2C(=O)S/C(=C/c3ccccc3OCc3ccc(Cl)cc3Cl)C2=O)o1. The van der Waals surface area contributed by atoms with E-state index in [1.807, 2.05) is 0 Å². The maximum atomic E-state index is 12.9. The topological polar surface area (TPSA) is 86.0 Å². The largest absolute Gasteiger partial charge is 0.488 e. The van der Waals surface area contributed by atoms with Crippen LogP contribution in [0.3, 0.4) is 0 Å². The van der Waals surface area contributed by atoms with Crippen LogP contribution in [0.25, 0.3) is 6.08 Å². The highest BCUT2D eigenvalue weighted by Crippen LogP contribution is 2.35. The molecular weight excluding hydrogens is 501 g/mol. The summed E-state index contributed by atoms with van der Waals surface area (Å²) in [4.78, 5) is 38.2. The summed E-state index contributed by atoms with van der Waals surface area (Å²) < 4.78 is 15.9. The standard InChI is InChI=1S/C24H17Cl2NO6S/c1-31-23(29)20-9-8-17(33-20)12-27-22(28)21(34-24(27)30)10-14-4-2-3-5-19(14)32-13-15-6-7-16(25)11-18(15)26/h2-11H,12-13H2,1H3/b21-10+. The third-order valence-corrected chi connectivity index (χ3v) is 6.33. The number of amides is 2. The van der Waals surface area contributed by atoms with Crippen molar-refractivity contribution in [1.82, 2.24) is 4.90 Å². The summed E-state index contributed by atoms with van der Waals surface area (Å²) in [5.41, 5.74) is 1.38. The minimum Gasteiger partial charge on any atom is -0.488 e. The quantitative estimate of drug-likeness (QED) is 0.272. The molecule has 1 aromatic heterocycles. The molecule has 10 heteroatoms. The number of imide groups is 1. The van der Waals surface area contributed by atoms with E-state index in [9.17, 15) is 14.4 Å². The van der Waals surface area contributed by atoms with Crippen LogP contribution in [0, 0.1) is 0 Å². The minimum atomic E-state index is -0.642.